The third-order valence-electron chi connectivity index (χ3n) is 6.34. The molecule has 0 spiro atoms. The monoisotopic (exact) mass is 438 g/mol. The van der Waals surface area contributed by atoms with E-state index in [2.05, 4.69) is 64.2 Å². The third kappa shape index (κ3) is 5.76. The van der Waals surface area contributed by atoms with Crippen molar-refractivity contribution in [3.05, 3.63) is 71.0 Å². The molecule has 0 bridgehead atoms. The van der Waals surface area contributed by atoms with Crippen LogP contribution in [0.2, 0.25) is 0 Å². The first-order valence-electron chi connectivity index (χ1n) is 11.5. The summed E-state index contributed by atoms with van der Waals surface area (Å²) in [7, 11) is 0. The molecule has 1 atom stereocenters. The molecular formula is C27H35FN2O2. The Morgan fingerprint density at radius 1 is 0.969 bits per heavy atom. The van der Waals surface area contributed by atoms with E-state index in [1.54, 1.807) is 4.90 Å². The van der Waals surface area contributed by atoms with Crippen LogP contribution < -0.4 is 5.32 Å². The molecular weight excluding hydrogens is 403 g/mol. The molecule has 1 aliphatic heterocycles. The zero-order chi connectivity index (χ0) is 23.5. The van der Waals surface area contributed by atoms with E-state index >= 15 is 0 Å². The molecule has 2 aromatic rings. The SMILES string of the molecule is CC(C)C(NC(=O)C1CCN(C(=O)c2ccc(F)cc2)CC1)c1ccc(C(C)(C)C)cc1. The van der Waals surface area contributed by atoms with Gasteiger partial charge < -0.3 is 10.2 Å². The van der Waals surface area contributed by atoms with Gasteiger partial charge in [-0.25, -0.2) is 4.39 Å². The normalized spacial score (nSPS) is 16.2. The molecule has 32 heavy (non-hydrogen) atoms. The molecule has 1 heterocycles. The Balaban J connectivity index is 1.60. The first-order chi connectivity index (χ1) is 15.1. The lowest BCUT2D eigenvalue weighted by Gasteiger charge is -2.33. The Labute approximate surface area is 191 Å². The summed E-state index contributed by atoms with van der Waals surface area (Å²) in [5, 5.41) is 3.26. The Bertz CT molecular complexity index is 922. The number of hydrogen-bond acceptors (Lipinski definition) is 2. The van der Waals surface area contributed by atoms with Crippen molar-refractivity contribution in [1.29, 1.82) is 0 Å². The van der Waals surface area contributed by atoms with E-state index in [1.165, 1.54) is 29.8 Å². The average molecular weight is 439 g/mol. The van der Waals surface area contributed by atoms with Crippen molar-refractivity contribution in [3.63, 3.8) is 0 Å². The largest absolute Gasteiger partial charge is 0.349 e. The van der Waals surface area contributed by atoms with Gasteiger partial charge in [0.1, 0.15) is 5.82 Å². The summed E-state index contributed by atoms with van der Waals surface area (Å²) in [6.45, 7) is 11.9. The first-order valence-corrected chi connectivity index (χ1v) is 11.5. The van der Waals surface area contributed by atoms with Gasteiger partial charge in [0.15, 0.2) is 0 Å². The second-order valence-corrected chi connectivity index (χ2v) is 10.2. The first kappa shape index (κ1) is 24.0. The molecule has 1 unspecified atom stereocenters. The highest BCUT2D eigenvalue weighted by Gasteiger charge is 2.30. The number of piperidine rings is 1. The van der Waals surface area contributed by atoms with Crippen LogP contribution in [0.4, 0.5) is 4.39 Å². The molecule has 1 aliphatic rings. The predicted octanol–water partition coefficient (Wildman–Crippen LogP) is 5.49. The number of carbonyl (C=O) groups is 2. The summed E-state index contributed by atoms with van der Waals surface area (Å²) in [4.78, 5) is 27.4. The Morgan fingerprint density at radius 3 is 2.03 bits per heavy atom. The van der Waals surface area contributed by atoms with Crippen LogP contribution in [-0.2, 0) is 10.2 Å². The molecule has 172 valence electrons. The molecule has 5 heteroatoms. The molecule has 0 saturated carbocycles. The van der Waals surface area contributed by atoms with Gasteiger partial charge in [-0.2, -0.15) is 0 Å². The van der Waals surface area contributed by atoms with Crippen LogP contribution in [0.3, 0.4) is 0 Å². The lowest BCUT2D eigenvalue weighted by atomic mass is 9.85. The predicted molar refractivity (Wildman–Crippen MR) is 126 cm³/mol. The highest BCUT2D eigenvalue weighted by atomic mass is 19.1. The second kappa shape index (κ2) is 9.85. The topological polar surface area (TPSA) is 49.4 Å². The van der Waals surface area contributed by atoms with Gasteiger partial charge in [-0.05, 0) is 59.6 Å². The van der Waals surface area contributed by atoms with Crippen molar-refractivity contribution in [2.24, 2.45) is 11.8 Å². The highest BCUT2D eigenvalue weighted by Crippen LogP contribution is 2.28. The summed E-state index contributed by atoms with van der Waals surface area (Å²) in [6.07, 6.45) is 1.26. The van der Waals surface area contributed by atoms with Crippen LogP contribution in [0.1, 0.15) is 75.0 Å². The quantitative estimate of drug-likeness (QED) is 0.671. The van der Waals surface area contributed by atoms with Crippen molar-refractivity contribution < 1.29 is 14.0 Å². The summed E-state index contributed by atoms with van der Waals surface area (Å²) < 4.78 is 13.1. The number of amides is 2. The average Bonchev–Trinajstić information content (AvgIpc) is 2.77. The smallest absolute Gasteiger partial charge is 0.253 e. The maximum atomic E-state index is 13.1. The van der Waals surface area contributed by atoms with Gasteiger partial charge in [-0.3, -0.25) is 9.59 Å². The molecule has 0 aromatic heterocycles. The molecule has 3 rings (SSSR count). The summed E-state index contributed by atoms with van der Waals surface area (Å²) in [6, 6.07) is 14.1. The molecule has 2 amide bonds. The number of nitrogens with zero attached hydrogens (tertiary/aromatic N) is 1. The molecule has 1 fully saturated rings. The van der Waals surface area contributed by atoms with Crippen molar-refractivity contribution >= 4 is 11.8 Å². The maximum absolute atomic E-state index is 13.1. The minimum absolute atomic E-state index is 0.0459. The van der Waals surface area contributed by atoms with E-state index in [1.807, 2.05) is 0 Å². The fraction of sp³-hybridized carbons (Fsp3) is 0.481. The Hall–Kier alpha value is -2.69. The summed E-state index contributed by atoms with van der Waals surface area (Å²) in [5.41, 5.74) is 2.96. The molecule has 4 nitrogen and oxygen atoms in total. The van der Waals surface area contributed by atoms with E-state index in [0.717, 1.165) is 5.56 Å². The van der Waals surface area contributed by atoms with Crippen LogP contribution >= 0.6 is 0 Å². The van der Waals surface area contributed by atoms with Gasteiger partial charge in [0.05, 0.1) is 6.04 Å². The summed E-state index contributed by atoms with van der Waals surface area (Å²) >= 11 is 0. The van der Waals surface area contributed by atoms with Gasteiger partial charge in [-0.15, -0.1) is 0 Å². The number of rotatable bonds is 5. The molecule has 1 saturated heterocycles. The van der Waals surface area contributed by atoms with Crippen molar-refractivity contribution in [2.45, 2.75) is 58.9 Å². The number of nitrogens with one attached hydrogen (secondary N) is 1. The number of benzene rings is 2. The van der Waals surface area contributed by atoms with Gasteiger partial charge in [0.2, 0.25) is 5.91 Å². The maximum Gasteiger partial charge on any atom is 0.253 e. The van der Waals surface area contributed by atoms with Crippen LogP contribution in [0.25, 0.3) is 0 Å². The molecule has 2 aromatic carbocycles. The van der Waals surface area contributed by atoms with Crippen LogP contribution in [0, 0.1) is 17.7 Å². The number of hydrogen-bond donors (Lipinski definition) is 1. The van der Waals surface area contributed by atoms with Crippen LogP contribution in [-0.4, -0.2) is 29.8 Å². The number of carbonyl (C=O) groups excluding carboxylic acids is 2. The van der Waals surface area contributed by atoms with Gasteiger partial charge >= 0.3 is 0 Å². The van der Waals surface area contributed by atoms with Crippen LogP contribution in [0.5, 0.6) is 0 Å². The van der Waals surface area contributed by atoms with Gasteiger partial charge in [0.25, 0.3) is 5.91 Å². The molecule has 0 aliphatic carbocycles. The van der Waals surface area contributed by atoms with E-state index < -0.39 is 0 Å². The minimum Gasteiger partial charge on any atom is -0.349 e. The Morgan fingerprint density at radius 2 is 1.53 bits per heavy atom. The zero-order valence-corrected chi connectivity index (χ0v) is 19.8. The third-order valence-corrected chi connectivity index (χ3v) is 6.34. The van der Waals surface area contributed by atoms with Crippen LogP contribution in [0.15, 0.2) is 48.5 Å². The fourth-order valence-corrected chi connectivity index (χ4v) is 4.22. The van der Waals surface area contributed by atoms with Crippen molar-refractivity contribution in [3.8, 4) is 0 Å². The van der Waals surface area contributed by atoms with Crippen molar-refractivity contribution in [1.82, 2.24) is 10.2 Å². The Kier molecular flexibility index (Phi) is 7.37. The van der Waals surface area contributed by atoms with E-state index in [4.69, 9.17) is 0 Å². The second-order valence-electron chi connectivity index (χ2n) is 10.2. The van der Waals surface area contributed by atoms with E-state index in [0.29, 0.717) is 31.5 Å². The van der Waals surface area contributed by atoms with E-state index in [9.17, 15) is 14.0 Å². The zero-order valence-electron chi connectivity index (χ0n) is 19.8. The molecule has 0 radical (unpaired) electrons. The lowest BCUT2D eigenvalue weighted by molar-refractivity contribution is -0.127. The fourth-order valence-electron chi connectivity index (χ4n) is 4.22. The van der Waals surface area contributed by atoms with E-state index in [-0.39, 0.29) is 40.9 Å². The van der Waals surface area contributed by atoms with Gasteiger partial charge in [0, 0.05) is 24.6 Å². The standard InChI is InChI=1S/C27H35FN2O2/c1-18(2)24(19-6-10-22(11-7-19)27(3,4)5)29-25(31)20-14-16-30(17-15-20)26(32)21-8-12-23(28)13-9-21/h6-13,18,20,24H,14-17H2,1-5H3,(H,29,31). The minimum atomic E-state index is -0.357. The summed E-state index contributed by atoms with van der Waals surface area (Å²) in [5.74, 6) is -0.257. The van der Waals surface area contributed by atoms with Crippen molar-refractivity contribution in [2.75, 3.05) is 13.1 Å². The highest BCUT2D eigenvalue weighted by molar-refractivity contribution is 5.94. The van der Waals surface area contributed by atoms with Gasteiger partial charge in [-0.1, -0.05) is 58.9 Å². The molecule has 1 N–H and O–H groups in total. The number of halogens is 1. The lowest BCUT2D eigenvalue weighted by Crippen LogP contribution is -2.44. The number of likely N-dealkylation sites (tertiary alicyclic amines) is 1.